The number of nitro benzene ring substituents is 1. The van der Waals surface area contributed by atoms with Crippen LogP contribution in [0.25, 0.3) is 0 Å². The van der Waals surface area contributed by atoms with Crippen molar-refractivity contribution in [2.75, 3.05) is 18.5 Å². The third-order valence-corrected chi connectivity index (χ3v) is 4.12. The molecule has 1 N–H and O–H groups in total. The van der Waals surface area contributed by atoms with Gasteiger partial charge in [-0.15, -0.1) is 0 Å². The Bertz CT molecular complexity index is 1060. The summed E-state index contributed by atoms with van der Waals surface area (Å²) in [7, 11) is 0. The second-order valence-corrected chi connectivity index (χ2v) is 6.09. The minimum absolute atomic E-state index is 0.0534. The summed E-state index contributed by atoms with van der Waals surface area (Å²) in [5, 5.41) is 13.7. The number of rotatable bonds is 6. The minimum atomic E-state index is -0.524. The van der Waals surface area contributed by atoms with Crippen molar-refractivity contribution in [1.29, 1.82) is 0 Å². The molecule has 0 saturated heterocycles. The number of furan rings is 1. The van der Waals surface area contributed by atoms with Gasteiger partial charge in [0.25, 0.3) is 5.91 Å². The Labute approximate surface area is 164 Å². The van der Waals surface area contributed by atoms with E-state index in [4.69, 9.17) is 18.6 Å². The van der Waals surface area contributed by atoms with Gasteiger partial charge in [0.1, 0.15) is 25.6 Å². The average molecular weight is 396 g/mol. The van der Waals surface area contributed by atoms with E-state index in [-0.39, 0.29) is 23.8 Å². The topological polar surface area (TPSA) is 113 Å². The Morgan fingerprint density at radius 1 is 1.07 bits per heavy atom. The van der Waals surface area contributed by atoms with Crippen LogP contribution in [0.1, 0.15) is 16.3 Å². The standard InChI is InChI=1S/C20H16N2O7/c23-20(21-13-5-7-17-19(11-13)27-10-9-26-17)18-8-6-14(29-18)12-28-16-4-2-1-3-15(16)22(24)25/h1-8,11H,9-10,12H2,(H,21,23). The molecular formula is C20H16N2O7. The van der Waals surface area contributed by atoms with Gasteiger partial charge in [0, 0.05) is 17.8 Å². The van der Waals surface area contributed by atoms with Gasteiger partial charge in [0.05, 0.1) is 4.92 Å². The van der Waals surface area contributed by atoms with Crippen molar-refractivity contribution < 1.29 is 28.3 Å². The summed E-state index contributed by atoms with van der Waals surface area (Å²) in [6.07, 6.45) is 0. The molecule has 1 aliphatic heterocycles. The highest BCUT2D eigenvalue weighted by Crippen LogP contribution is 2.33. The predicted molar refractivity (Wildman–Crippen MR) is 102 cm³/mol. The maximum atomic E-state index is 12.4. The first-order valence-corrected chi connectivity index (χ1v) is 8.76. The second-order valence-electron chi connectivity index (χ2n) is 6.09. The fourth-order valence-corrected chi connectivity index (χ4v) is 2.77. The molecule has 1 aliphatic rings. The van der Waals surface area contributed by atoms with Crippen LogP contribution in [-0.2, 0) is 6.61 Å². The van der Waals surface area contributed by atoms with E-state index in [1.165, 1.54) is 18.2 Å². The van der Waals surface area contributed by atoms with Crippen LogP contribution in [0.4, 0.5) is 11.4 Å². The maximum Gasteiger partial charge on any atom is 0.310 e. The summed E-state index contributed by atoms with van der Waals surface area (Å²) in [5.41, 5.74) is 0.393. The van der Waals surface area contributed by atoms with Crippen molar-refractivity contribution in [3.05, 3.63) is 76.2 Å². The highest BCUT2D eigenvalue weighted by molar-refractivity contribution is 6.02. The molecule has 3 aromatic rings. The average Bonchev–Trinajstić information content (AvgIpc) is 3.21. The molecule has 1 aromatic heterocycles. The van der Waals surface area contributed by atoms with E-state index in [9.17, 15) is 14.9 Å². The van der Waals surface area contributed by atoms with Crippen molar-refractivity contribution >= 4 is 17.3 Å². The molecule has 2 heterocycles. The molecule has 29 heavy (non-hydrogen) atoms. The van der Waals surface area contributed by atoms with E-state index in [1.807, 2.05) is 0 Å². The zero-order valence-electron chi connectivity index (χ0n) is 15.1. The first-order valence-electron chi connectivity index (χ1n) is 8.76. The van der Waals surface area contributed by atoms with Crippen LogP contribution in [0.5, 0.6) is 17.2 Å². The van der Waals surface area contributed by atoms with Gasteiger partial charge in [-0.25, -0.2) is 0 Å². The summed E-state index contributed by atoms with van der Waals surface area (Å²) >= 11 is 0. The van der Waals surface area contributed by atoms with Crippen molar-refractivity contribution in [3.8, 4) is 17.2 Å². The fourth-order valence-electron chi connectivity index (χ4n) is 2.77. The van der Waals surface area contributed by atoms with Crippen molar-refractivity contribution in [3.63, 3.8) is 0 Å². The molecule has 0 atom stereocenters. The third-order valence-electron chi connectivity index (χ3n) is 4.12. The van der Waals surface area contributed by atoms with Gasteiger partial charge >= 0.3 is 5.69 Å². The largest absolute Gasteiger partial charge is 0.486 e. The summed E-state index contributed by atoms with van der Waals surface area (Å²) in [6, 6.07) is 14.2. The molecule has 2 aromatic carbocycles. The van der Waals surface area contributed by atoms with E-state index >= 15 is 0 Å². The number of benzene rings is 2. The number of nitrogens with one attached hydrogen (secondary N) is 1. The Morgan fingerprint density at radius 2 is 1.86 bits per heavy atom. The Balaban J connectivity index is 1.40. The minimum Gasteiger partial charge on any atom is -0.486 e. The Morgan fingerprint density at radius 3 is 2.69 bits per heavy atom. The number of anilines is 1. The number of nitrogens with zero attached hydrogens (tertiary/aromatic N) is 1. The van der Waals surface area contributed by atoms with E-state index in [0.29, 0.717) is 36.2 Å². The summed E-state index contributed by atoms with van der Waals surface area (Å²) in [4.78, 5) is 22.9. The zero-order chi connectivity index (χ0) is 20.2. The van der Waals surface area contributed by atoms with Crippen molar-refractivity contribution in [2.45, 2.75) is 6.61 Å². The van der Waals surface area contributed by atoms with Gasteiger partial charge in [-0.05, 0) is 30.3 Å². The Kier molecular flexibility index (Phi) is 5.02. The zero-order valence-corrected chi connectivity index (χ0v) is 15.1. The first-order chi connectivity index (χ1) is 14.1. The molecule has 0 unspecified atom stereocenters. The molecule has 1 amide bonds. The van der Waals surface area contributed by atoms with Crippen molar-refractivity contribution in [1.82, 2.24) is 0 Å². The molecule has 9 heteroatoms. The molecule has 9 nitrogen and oxygen atoms in total. The molecule has 148 valence electrons. The van der Waals surface area contributed by atoms with Gasteiger partial charge < -0.3 is 23.9 Å². The number of hydrogen-bond acceptors (Lipinski definition) is 7. The van der Waals surface area contributed by atoms with Gasteiger partial charge in [-0.1, -0.05) is 12.1 Å². The van der Waals surface area contributed by atoms with E-state index in [2.05, 4.69) is 5.32 Å². The third kappa shape index (κ3) is 4.13. The van der Waals surface area contributed by atoms with Crippen LogP contribution in [0.15, 0.2) is 59.0 Å². The van der Waals surface area contributed by atoms with Gasteiger partial charge in [-0.2, -0.15) is 0 Å². The highest BCUT2D eigenvalue weighted by Gasteiger charge is 2.17. The summed E-state index contributed by atoms with van der Waals surface area (Å²) in [5.74, 6) is 1.31. The number of carbonyl (C=O) groups is 1. The number of ether oxygens (including phenoxy) is 3. The first kappa shape index (κ1) is 18.4. The lowest BCUT2D eigenvalue weighted by Crippen LogP contribution is -2.16. The SMILES string of the molecule is O=C(Nc1ccc2c(c1)OCCO2)c1ccc(COc2ccccc2[N+](=O)[O-])o1. The number of amides is 1. The molecule has 4 rings (SSSR count). The lowest BCUT2D eigenvalue weighted by atomic mass is 10.2. The number of carbonyl (C=O) groups excluding carboxylic acids is 1. The normalized spacial score (nSPS) is 12.3. The van der Waals surface area contributed by atoms with Crippen LogP contribution in [0.3, 0.4) is 0 Å². The van der Waals surface area contributed by atoms with E-state index in [1.54, 1.807) is 36.4 Å². The lowest BCUT2D eigenvalue weighted by Gasteiger charge is -2.18. The van der Waals surface area contributed by atoms with Crippen molar-refractivity contribution in [2.24, 2.45) is 0 Å². The Hall–Kier alpha value is -4.01. The highest BCUT2D eigenvalue weighted by atomic mass is 16.6. The smallest absolute Gasteiger partial charge is 0.310 e. The summed E-state index contributed by atoms with van der Waals surface area (Å²) in [6.45, 7) is 0.885. The van der Waals surface area contributed by atoms with Crippen LogP contribution in [-0.4, -0.2) is 24.0 Å². The molecule has 0 spiro atoms. The molecular weight excluding hydrogens is 380 g/mol. The monoisotopic (exact) mass is 396 g/mol. The van der Waals surface area contributed by atoms with Crippen LogP contribution in [0, 0.1) is 10.1 Å². The number of hydrogen-bond donors (Lipinski definition) is 1. The van der Waals surface area contributed by atoms with Gasteiger partial charge in [0.2, 0.25) is 0 Å². The number of nitro groups is 1. The predicted octanol–water partition coefficient (Wildman–Crippen LogP) is 3.79. The van der Waals surface area contributed by atoms with Crippen LogP contribution in [0.2, 0.25) is 0 Å². The summed E-state index contributed by atoms with van der Waals surface area (Å²) < 4.78 is 21.9. The van der Waals surface area contributed by atoms with Crippen LogP contribution < -0.4 is 19.5 Å². The number of para-hydroxylation sites is 2. The van der Waals surface area contributed by atoms with Gasteiger partial charge in [0.15, 0.2) is 23.0 Å². The molecule has 0 aliphatic carbocycles. The molecule has 0 radical (unpaired) electrons. The van der Waals surface area contributed by atoms with Gasteiger partial charge in [-0.3, -0.25) is 14.9 Å². The lowest BCUT2D eigenvalue weighted by molar-refractivity contribution is -0.386. The van der Waals surface area contributed by atoms with Crippen LogP contribution >= 0.6 is 0 Å². The quantitative estimate of drug-likeness (QED) is 0.498. The molecule has 0 fully saturated rings. The number of fused-ring (bicyclic) bond motifs is 1. The second kappa shape index (κ2) is 7.93. The molecule has 0 bridgehead atoms. The fraction of sp³-hybridized carbons (Fsp3) is 0.150. The van der Waals surface area contributed by atoms with E-state index < -0.39 is 10.8 Å². The molecule has 0 saturated carbocycles. The maximum absolute atomic E-state index is 12.4. The van der Waals surface area contributed by atoms with E-state index in [0.717, 1.165) is 0 Å².